The summed E-state index contributed by atoms with van der Waals surface area (Å²) in [5.74, 6) is 2.55. The highest BCUT2D eigenvalue weighted by Crippen LogP contribution is 2.20. The number of ether oxygens (including phenoxy) is 1. The van der Waals surface area contributed by atoms with E-state index in [1.807, 2.05) is 12.1 Å². The quantitative estimate of drug-likeness (QED) is 0.595. The zero-order valence-electron chi connectivity index (χ0n) is 11.5. The van der Waals surface area contributed by atoms with E-state index in [0.717, 1.165) is 6.42 Å². The summed E-state index contributed by atoms with van der Waals surface area (Å²) in [5.41, 5.74) is 0.891. The number of esters is 1. The van der Waals surface area contributed by atoms with Crippen molar-refractivity contribution in [3.8, 4) is 12.3 Å². The van der Waals surface area contributed by atoms with Gasteiger partial charge in [-0.2, -0.15) is 0 Å². The molecule has 96 valence electrons. The van der Waals surface area contributed by atoms with Crippen LogP contribution in [0.2, 0.25) is 0 Å². The van der Waals surface area contributed by atoms with E-state index in [4.69, 9.17) is 11.2 Å². The summed E-state index contributed by atoms with van der Waals surface area (Å²) < 4.78 is 5.22. The molecule has 0 fully saturated rings. The smallest absolute Gasteiger partial charge is 0.339 e. The highest BCUT2D eigenvalue weighted by Gasteiger charge is 2.20. The molecule has 0 aliphatic rings. The van der Waals surface area contributed by atoms with Crippen molar-refractivity contribution < 1.29 is 9.53 Å². The monoisotopic (exact) mass is 244 g/mol. The van der Waals surface area contributed by atoms with Crippen molar-refractivity contribution in [2.45, 2.75) is 45.6 Å². The summed E-state index contributed by atoms with van der Waals surface area (Å²) >= 11 is 0. The van der Waals surface area contributed by atoms with E-state index in [2.05, 4.69) is 19.8 Å². The summed E-state index contributed by atoms with van der Waals surface area (Å²) in [6.45, 7) is 7.69. The lowest BCUT2D eigenvalue weighted by molar-refractivity contribution is 0.0205. The van der Waals surface area contributed by atoms with Crippen molar-refractivity contribution in [2.75, 3.05) is 0 Å². The zero-order chi connectivity index (χ0) is 13.8. The predicted octanol–water partition coefficient (Wildman–Crippen LogP) is 3.77. The molecule has 1 unspecified atom stereocenters. The first-order valence-electron chi connectivity index (χ1n) is 6.20. The lowest BCUT2D eigenvalue weighted by Crippen LogP contribution is -2.25. The van der Waals surface area contributed by atoms with Gasteiger partial charge in [-0.15, -0.1) is 6.42 Å². The molecule has 0 saturated carbocycles. The van der Waals surface area contributed by atoms with E-state index >= 15 is 0 Å². The lowest BCUT2D eigenvalue weighted by Gasteiger charge is -2.18. The number of terminal acetylenes is 1. The van der Waals surface area contributed by atoms with E-state index in [9.17, 15) is 4.79 Å². The minimum Gasteiger partial charge on any atom is -0.443 e. The molecule has 1 aromatic rings. The van der Waals surface area contributed by atoms with Crippen molar-refractivity contribution >= 4 is 5.97 Å². The average Bonchev–Trinajstić information content (AvgIpc) is 2.37. The third kappa shape index (κ3) is 3.63. The van der Waals surface area contributed by atoms with Crippen LogP contribution < -0.4 is 0 Å². The van der Waals surface area contributed by atoms with Crippen LogP contribution in [0, 0.1) is 12.3 Å². The minimum absolute atomic E-state index is 0.381. The fourth-order valence-corrected chi connectivity index (χ4v) is 1.50. The Morgan fingerprint density at radius 3 is 2.39 bits per heavy atom. The Hall–Kier alpha value is -1.75. The molecule has 0 amide bonds. The van der Waals surface area contributed by atoms with Crippen LogP contribution >= 0.6 is 0 Å². The molecule has 0 spiro atoms. The summed E-state index contributed by atoms with van der Waals surface area (Å²) in [6.07, 6.45) is 6.36. The van der Waals surface area contributed by atoms with Gasteiger partial charge in [-0.05, 0) is 43.9 Å². The fraction of sp³-hybridized carbons (Fsp3) is 0.438. The van der Waals surface area contributed by atoms with Crippen LogP contribution in [0.3, 0.4) is 0 Å². The Morgan fingerprint density at radius 1 is 1.39 bits per heavy atom. The molecule has 1 atom stereocenters. The van der Waals surface area contributed by atoms with E-state index in [1.54, 1.807) is 26.0 Å². The number of carbonyl (C=O) groups excluding carboxylic acids is 1. The van der Waals surface area contributed by atoms with Crippen molar-refractivity contribution in [1.82, 2.24) is 0 Å². The topological polar surface area (TPSA) is 26.3 Å². The molecule has 2 nitrogen and oxygen atoms in total. The van der Waals surface area contributed by atoms with E-state index in [0.29, 0.717) is 11.5 Å². The van der Waals surface area contributed by atoms with Gasteiger partial charge in [0.2, 0.25) is 0 Å². The molecule has 0 bridgehead atoms. The number of hydrogen-bond acceptors (Lipinski definition) is 2. The Kier molecular flexibility index (Phi) is 4.55. The number of rotatable bonds is 4. The van der Waals surface area contributed by atoms with Gasteiger partial charge in [-0.3, -0.25) is 0 Å². The van der Waals surface area contributed by atoms with E-state index in [-0.39, 0.29) is 5.97 Å². The van der Waals surface area contributed by atoms with Crippen molar-refractivity contribution in [3.05, 3.63) is 35.4 Å². The predicted molar refractivity (Wildman–Crippen MR) is 73.5 cm³/mol. The molecule has 0 aliphatic heterocycles. The SMILES string of the molecule is C#CC(C)(C)OC(=O)c1ccc(C(C)CC)cc1. The maximum absolute atomic E-state index is 11.9. The maximum Gasteiger partial charge on any atom is 0.339 e. The van der Waals surface area contributed by atoms with Crippen molar-refractivity contribution in [3.63, 3.8) is 0 Å². The van der Waals surface area contributed by atoms with E-state index < -0.39 is 5.60 Å². The highest BCUT2D eigenvalue weighted by molar-refractivity contribution is 5.89. The molecular formula is C16H20O2. The van der Waals surface area contributed by atoms with Gasteiger partial charge < -0.3 is 4.74 Å². The van der Waals surface area contributed by atoms with Gasteiger partial charge >= 0.3 is 5.97 Å². The Labute approximate surface area is 109 Å². The summed E-state index contributed by atoms with van der Waals surface area (Å²) in [7, 11) is 0. The molecular weight excluding hydrogens is 224 g/mol. The molecule has 1 aromatic carbocycles. The molecule has 0 aromatic heterocycles. The van der Waals surface area contributed by atoms with Gasteiger partial charge in [0.25, 0.3) is 0 Å². The molecule has 0 aliphatic carbocycles. The zero-order valence-corrected chi connectivity index (χ0v) is 11.5. The van der Waals surface area contributed by atoms with Gasteiger partial charge in [0.15, 0.2) is 5.60 Å². The van der Waals surface area contributed by atoms with Crippen LogP contribution in [0.15, 0.2) is 24.3 Å². The average molecular weight is 244 g/mol. The lowest BCUT2D eigenvalue weighted by atomic mass is 9.98. The second-order valence-corrected chi connectivity index (χ2v) is 4.98. The van der Waals surface area contributed by atoms with Gasteiger partial charge in [0.05, 0.1) is 5.56 Å². The molecule has 0 N–H and O–H groups in total. The van der Waals surface area contributed by atoms with Crippen molar-refractivity contribution in [1.29, 1.82) is 0 Å². The van der Waals surface area contributed by atoms with E-state index in [1.165, 1.54) is 5.56 Å². The largest absolute Gasteiger partial charge is 0.443 e. The van der Waals surface area contributed by atoms with Gasteiger partial charge in [-0.1, -0.05) is 31.9 Å². The first-order valence-corrected chi connectivity index (χ1v) is 6.20. The Balaban J connectivity index is 2.80. The van der Waals surface area contributed by atoms with Crippen LogP contribution in [0.25, 0.3) is 0 Å². The van der Waals surface area contributed by atoms with Crippen molar-refractivity contribution in [2.24, 2.45) is 0 Å². The Morgan fingerprint density at radius 2 is 1.94 bits per heavy atom. The highest BCUT2D eigenvalue weighted by atomic mass is 16.6. The first-order chi connectivity index (χ1) is 8.39. The minimum atomic E-state index is -0.869. The normalized spacial score (nSPS) is 12.6. The number of carbonyl (C=O) groups is 1. The standard InChI is InChI=1S/C16H20O2/c1-6-12(3)13-8-10-14(11-9-13)15(17)18-16(4,5)7-2/h2,8-12H,6H2,1,3-5H3. The summed E-state index contributed by atoms with van der Waals surface area (Å²) in [5, 5.41) is 0. The Bertz CT molecular complexity index is 449. The first kappa shape index (κ1) is 14.3. The van der Waals surface area contributed by atoms with Crippen LogP contribution in [0.5, 0.6) is 0 Å². The molecule has 1 rings (SSSR count). The molecule has 0 radical (unpaired) electrons. The van der Waals surface area contributed by atoms with Gasteiger partial charge in [-0.25, -0.2) is 4.79 Å². The molecule has 0 saturated heterocycles. The maximum atomic E-state index is 11.9. The van der Waals surface area contributed by atoms with Gasteiger partial charge in [0.1, 0.15) is 0 Å². The summed E-state index contributed by atoms with van der Waals surface area (Å²) in [6, 6.07) is 7.51. The second kappa shape index (κ2) is 5.73. The molecule has 0 heterocycles. The number of benzene rings is 1. The van der Waals surface area contributed by atoms with Crippen LogP contribution in [0.4, 0.5) is 0 Å². The third-order valence-electron chi connectivity index (χ3n) is 3.02. The third-order valence-corrected chi connectivity index (χ3v) is 3.02. The molecule has 2 heteroatoms. The van der Waals surface area contributed by atoms with Gasteiger partial charge in [0, 0.05) is 0 Å². The molecule has 18 heavy (non-hydrogen) atoms. The second-order valence-electron chi connectivity index (χ2n) is 4.98. The number of hydrogen-bond donors (Lipinski definition) is 0. The van der Waals surface area contributed by atoms with Crippen LogP contribution in [-0.2, 0) is 4.74 Å². The fourth-order valence-electron chi connectivity index (χ4n) is 1.50. The van der Waals surface area contributed by atoms with Crippen LogP contribution in [0.1, 0.15) is 56.0 Å². The summed E-state index contributed by atoms with van der Waals surface area (Å²) in [4.78, 5) is 11.9. The van der Waals surface area contributed by atoms with Crippen LogP contribution in [-0.4, -0.2) is 11.6 Å².